The first kappa shape index (κ1) is 15.5. The zero-order chi connectivity index (χ0) is 14.1. The van der Waals surface area contributed by atoms with E-state index in [1.165, 1.54) is 0 Å². The number of carbonyl (C=O) groups excluding carboxylic acids is 1. The number of rotatable bonds is 8. The van der Waals surface area contributed by atoms with Crippen molar-refractivity contribution in [2.45, 2.75) is 33.3 Å². The topological polar surface area (TPSA) is 44.8 Å². The summed E-state index contributed by atoms with van der Waals surface area (Å²) >= 11 is 0. The summed E-state index contributed by atoms with van der Waals surface area (Å²) in [6.07, 6.45) is 0.429. The van der Waals surface area contributed by atoms with Crippen LogP contribution in [0.3, 0.4) is 0 Å². The molecule has 0 aliphatic rings. The van der Waals surface area contributed by atoms with E-state index in [0.29, 0.717) is 19.8 Å². The Labute approximate surface area is 114 Å². The molecular weight excluding hydrogens is 244 g/mol. The molecule has 0 aliphatic carbocycles. The minimum absolute atomic E-state index is 0.157. The van der Waals surface area contributed by atoms with Gasteiger partial charge in [-0.1, -0.05) is 12.1 Å². The second-order valence-electron chi connectivity index (χ2n) is 4.39. The lowest BCUT2D eigenvalue weighted by Gasteiger charge is -2.08. The molecule has 1 rings (SSSR count). The Hall–Kier alpha value is -1.55. The molecule has 0 saturated carbocycles. The van der Waals surface area contributed by atoms with Crippen LogP contribution >= 0.6 is 0 Å². The first-order valence-corrected chi connectivity index (χ1v) is 6.60. The fourth-order valence-corrected chi connectivity index (χ4v) is 1.53. The second kappa shape index (κ2) is 8.53. The lowest BCUT2D eigenvalue weighted by Crippen LogP contribution is -2.14. The van der Waals surface area contributed by atoms with E-state index in [1.54, 1.807) is 0 Å². The first-order valence-electron chi connectivity index (χ1n) is 6.60. The lowest BCUT2D eigenvalue weighted by atomic mass is 10.1. The Bertz CT molecular complexity index is 370. The SMILES string of the molecule is CCOc1ccc(CC(=O)OCCOC(C)C)cc1. The van der Waals surface area contributed by atoms with E-state index >= 15 is 0 Å². The van der Waals surface area contributed by atoms with Crippen molar-refractivity contribution in [2.75, 3.05) is 19.8 Å². The summed E-state index contributed by atoms with van der Waals surface area (Å²) < 4.78 is 15.7. The smallest absolute Gasteiger partial charge is 0.310 e. The normalized spacial score (nSPS) is 10.5. The Morgan fingerprint density at radius 3 is 2.42 bits per heavy atom. The highest BCUT2D eigenvalue weighted by atomic mass is 16.6. The van der Waals surface area contributed by atoms with Crippen LogP contribution in [0.25, 0.3) is 0 Å². The van der Waals surface area contributed by atoms with Gasteiger partial charge < -0.3 is 14.2 Å². The molecule has 0 aromatic heterocycles. The molecule has 1 aromatic rings. The standard InChI is InChI=1S/C15H22O4/c1-4-17-14-7-5-13(6-8-14)11-15(16)19-10-9-18-12(2)3/h5-8,12H,4,9-11H2,1-3H3. The Kier molecular flexibility index (Phi) is 6.97. The van der Waals surface area contributed by atoms with Gasteiger partial charge in [0.1, 0.15) is 12.4 Å². The molecule has 0 radical (unpaired) electrons. The van der Waals surface area contributed by atoms with E-state index in [-0.39, 0.29) is 18.5 Å². The van der Waals surface area contributed by atoms with E-state index in [4.69, 9.17) is 14.2 Å². The lowest BCUT2D eigenvalue weighted by molar-refractivity contribution is -0.144. The van der Waals surface area contributed by atoms with Gasteiger partial charge in [-0.3, -0.25) is 4.79 Å². The molecule has 0 spiro atoms. The zero-order valence-electron chi connectivity index (χ0n) is 11.8. The van der Waals surface area contributed by atoms with Crippen molar-refractivity contribution in [3.63, 3.8) is 0 Å². The average Bonchev–Trinajstić information content (AvgIpc) is 2.37. The highest BCUT2D eigenvalue weighted by Crippen LogP contribution is 2.12. The predicted octanol–water partition coefficient (Wildman–Crippen LogP) is 2.60. The van der Waals surface area contributed by atoms with E-state index in [1.807, 2.05) is 45.0 Å². The maximum absolute atomic E-state index is 11.6. The number of ether oxygens (including phenoxy) is 3. The molecule has 19 heavy (non-hydrogen) atoms. The van der Waals surface area contributed by atoms with Gasteiger partial charge in [0.2, 0.25) is 0 Å². The van der Waals surface area contributed by atoms with Gasteiger partial charge in [-0.2, -0.15) is 0 Å². The predicted molar refractivity (Wildman–Crippen MR) is 73.4 cm³/mol. The van der Waals surface area contributed by atoms with Crippen molar-refractivity contribution >= 4 is 5.97 Å². The van der Waals surface area contributed by atoms with Crippen LogP contribution in [-0.4, -0.2) is 31.9 Å². The van der Waals surface area contributed by atoms with Crippen LogP contribution < -0.4 is 4.74 Å². The Morgan fingerprint density at radius 2 is 1.84 bits per heavy atom. The van der Waals surface area contributed by atoms with Crippen LogP contribution in [0.2, 0.25) is 0 Å². The van der Waals surface area contributed by atoms with Crippen molar-refractivity contribution in [1.82, 2.24) is 0 Å². The minimum Gasteiger partial charge on any atom is -0.494 e. The van der Waals surface area contributed by atoms with Gasteiger partial charge in [0.05, 0.1) is 25.7 Å². The number of esters is 1. The molecule has 4 nitrogen and oxygen atoms in total. The number of hydrogen-bond donors (Lipinski definition) is 0. The molecule has 0 bridgehead atoms. The maximum atomic E-state index is 11.6. The quantitative estimate of drug-likeness (QED) is 0.536. The van der Waals surface area contributed by atoms with Gasteiger partial charge in [0, 0.05) is 0 Å². The van der Waals surface area contributed by atoms with Crippen LogP contribution in [0.4, 0.5) is 0 Å². The molecule has 4 heteroatoms. The van der Waals surface area contributed by atoms with E-state index in [2.05, 4.69) is 0 Å². The molecular formula is C15H22O4. The number of carbonyl (C=O) groups is 1. The highest BCUT2D eigenvalue weighted by Gasteiger charge is 2.05. The molecule has 0 saturated heterocycles. The average molecular weight is 266 g/mol. The van der Waals surface area contributed by atoms with Gasteiger partial charge in [-0.05, 0) is 38.5 Å². The van der Waals surface area contributed by atoms with Gasteiger partial charge in [-0.25, -0.2) is 0 Å². The van der Waals surface area contributed by atoms with Crippen molar-refractivity contribution in [3.8, 4) is 5.75 Å². The summed E-state index contributed by atoms with van der Waals surface area (Å²) in [6.45, 7) is 7.20. The molecule has 0 aliphatic heterocycles. The Morgan fingerprint density at radius 1 is 1.16 bits per heavy atom. The minimum atomic E-state index is -0.239. The van der Waals surface area contributed by atoms with E-state index in [0.717, 1.165) is 11.3 Å². The van der Waals surface area contributed by atoms with Crippen LogP contribution in [-0.2, 0) is 20.7 Å². The molecule has 0 unspecified atom stereocenters. The number of benzene rings is 1. The molecule has 106 valence electrons. The molecule has 1 aromatic carbocycles. The summed E-state index contributed by atoms with van der Waals surface area (Å²) in [5.74, 6) is 0.571. The fourth-order valence-electron chi connectivity index (χ4n) is 1.53. The van der Waals surface area contributed by atoms with Gasteiger partial charge in [-0.15, -0.1) is 0 Å². The second-order valence-corrected chi connectivity index (χ2v) is 4.39. The monoisotopic (exact) mass is 266 g/mol. The first-order chi connectivity index (χ1) is 9.11. The van der Waals surface area contributed by atoms with Crippen molar-refractivity contribution in [3.05, 3.63) is 29.8 Å². The third-order valence-corrected chi connectivity index (χ3v) is 2.38. The van der Waals surface area contributed by atoms with Gasteiger partial charge in [0.25, 0.3) is 0 Å². The Balaban J connectivity index is 2.27. The summed E-state index contributed by atoms with van der Waals surface area (Å²) in [4.78, 5) is 11.6. The van der Waals surface area contributed by atoms with Crippen LogP contribution in [0.1, 0.15) is 26.3 Å². The molecule has 0 fully saturated rings. The molecule has 0 atom stereocenters. The molecule has 0 N–H and O–H groups in total. The van der Waals surface area contributed by atoms with Crippen molar-refractivity contribution < 1.29 is 19.0 Å². The van der Waals surface area contributed by atoms with E-state index < -0.39 is 0 Å². The molecule has 0 heterocycles. The third kappa shape index (κ3) is 6.82. The molecule has 0 amide bonds. The largest absolute Gasteiger partial charge is 0.494 e. The van der Waals surface area contributed by atoms with E-state index in [9.17, 15) is 4.79 Å². The van der Waals surface area contributed by atoms with Gasteiger partial charge >= 0.3 is 5.97 Å². The van der Waals surface area contributed by atoms with Crippen molar-refractivity contribution in [2.24, 2.45) is 0 Å². The number of hydrogen-bond acceptors (Lipinski definition) is 4. The van der Waals surface area contributed by atoms with Crippen LogP contribution in [0.5, 0.6) is 5.75 Å². The van der Waals surface area contributed by atoms with Crippen LogP contribution in [0.15, 0.2) is 24.3 Å². The summed E-state index contributed by atoms with van der Waals surface area (Å²) in [5.41, 5.74) is 0.915. The highest BCUT2D eigenvalue weighted by molar-refractivity contribution is 5.72. The summed E-state index contributed by atoms with van der Waals surface area (Å²) in [5, 5.41) is 0. The van der Waals surface area contributed by atoms with Crippen LogP contribution in [0, 0.1) is 0 Å². The zero-order valence-corrected chi connectivity index (χ0v) is 11.8. The van der Waals surface area contributed by atoms with Crippen molar-refractivity contribution in [1.29, 1.82) is 0 Å². The third-order valence-electron chi connectivity index (χ3n) is 2.38. The maximum Gasteiger partial charge on any atom is 0.310 e. The summed E-state index contributed by atoms with van der Waals surface area (Å²) in [7, 11) is 0. The van der Waals surface area contributed by atoms with Gasteiger partial charge in [0.15, 0.2) is 0 Å². The summed E-state index contributed by atoms with van der Waals surface area (Å²) in [6, 6.07) is 7.45. The fraction of sp³-hybridized carbons (Fsp3) is 0.533.